The fraction of sp³-hybridized carbons (Fsp3) is 0.0278. The van der Waals surface area contributed by atoms with Crippen LogP contribution in [0.1, 0.15) is 22.4 Å². The third-order valence-corrected chi connectivity index (χ3v) is 7.09. The number of rotatable bonds is 6. The van der Waals surface area contributed by atoms with Crippen LogP contribution in [0.5, 0.6) is 0 Å². The summed E-state index contributed by atoms with van der Waals surface area (Å²) in [5.74, 6) is 0. The Balaban J connectivity index is 1.54. The monoisotopic (exact) mass is 473 g/mol. The van der Waals surface area contributed by atoms with E-state index in [1.165, 1.54) is 33.4 Å². The van der Waals surface area contributed by atoms with Gasteiger partial charge in [-0.1, -0.05) is 146 Å². The lowest BCUT2D eigenvalue weighted by Gasteiger charge is -2.36. The predicted octanol–water partition coefficient (Wildman–Crippen LogP) is 8.80. The molecule has 0 bridgehead atoms. The maximum absolute atomic E-state index is 5.03. The minimum absolute atomic E-state index is 0.552. The van der Waals surface area contributed by atoms with Gasteiger partial charge in [-0.2, -0.15) is 0 Å². The highest BCUT2D eigenvalue weighted by molar-refractivity contribution is 5.71. The lowest BCUT2D eigenvalue weighted by atomic mass is 9.67. The highest BCUT2D eigenvalue weighted by Crippen LogP contribution is 2.44. The second kappa shape index (κ2) is 10.1. The molecule has 0 saturated carbocycles. The van der Waals surface area contributed by atoms with Crippen LogP contribution in [0.15, 0.2) is 164 Å². The summed E-state index contributed by atoms with van der Waals surface area (Å²) in [5, 5.41) is 0. The molecule has 0 atom stereocenters. The molecule has 0 saturated heterocycles. The molecule has 1 aromatic heterocycles. The van der Waals surface area contributed by atoms with Crippen LogP contribution in [0.2, 0.25) is 0 Å². The average molecular weight is 474 g/mol. The van der Waals surface area contributed by atoms with Crippen molar-refractivity contribution in [3.8, 4) is 22.3 Å². The summed E-state index contributed by atoms with van der Waals surface area (Å²) < 4.78 is 0. The topological polar surface area (TPSA) is 12.9 Å². The molecule has 1 heteroatoms. The van der Waals surface area contributed by atoms with E-state index in [-0.39, 0.29) is 0 Å². The van der Waals surface area contributed by atoms with Gasteiger partial charge in [0.2, 0.25) is 0 Å². The first-order chi connectivity index (χ1) is 18.4. The van der Waals surface area contributed by atoms with E-state index in [2.05, 4.69) is 158 Å². The minimum Gasteiger partial charge on any atom is -0.260 e. The Labute approximate surface area is 218 Å². The summed E-state index contributed by atoms with van der Waals surface area (Å²) in [6.45, 7) is 0. The van der Waals surface area contributed by atoms with E-state index >= 15 is 0 Å². The third-order valence-electron chi connectivity index (χ3n) is 7.09. The fourth-order valence-electron chi connectivity index (χ4n) is 5.31. The van der Waals surface area contributed by atoms with Crippen LogP contribution >= 0.6 is 0 Å². The second-order valence-corrected chi connectivity index (χ2v) is 9.22. The molecule has 1 nitrogen and oxygen atoms in total. The largest absolute Gasteiger partial charge is 0.260 e. The molecule has 0 aliphatic carbocycles. The van der Waals surface area contributed by atoms with E-state index in [1.807, 2.05) is 6.20 Å². The molecule has 0 aliphatic rings. The Bertz CT molecular complexity index is 1480. The van der Waals surface area contributed by atoms with Gasteiger partial charge < -0.3 is 0 Å². The van der Waals surface area contributed by atoms with Crippen molar-refractivity contribution in [2.75, 3.05) is 0 Å². The summed E-state index contributed by atoms with van der Waals surface area (Å²) in [5.41, 5.74) is 8.78. The highest BCUT2D eigenvalue weighted by Gasteiger charge is 2.39. The first kappa shape index (κ1) is 22.7. The minimum atomic E-state index is -0.552. The molecule has 0 fully saturated rings. The van der Waals surface area contributed by atoms with Gasteiger partial charge in [-0.15, -0.1) is 0 Å². The van der Waals surface area contributed by atoms with Crippen LogP contribution in [0.3, 0.4) is 0 Å². The Hall–Kier alpha value is -4.75. The Morgan fingerprint density at radius 1 is 0.351 bits per heavy atom. The number of aromatic nitrogens is 1. The van der Waals surface area contributed by atoms with E-state index in [1.54, 1.807) is 0 Å². The van der Waals surface area contributed by atoms with E-state index in [9.17, 15) is 0 Å². The number of pyridine rings is 1. The molecule has 0 unspecified atom stereocenters. The molecule has 1 heterocycles. The van der Waals surface area contributed by atoms with Crippen LogP contribution in [-0.4, -0.2) is 4.98 Å². The first-order valence-electron chi connectivity index (χ1n) is 12.6. The van der Waals surface area contributed by atoms with E-state index in [0.29, 0.717) is 0 Å². The highest BCUT2D eigenvalue weighted by atomic mass is 14.7. The van der Waals surface area contributed by atoms with Crippen LogP contribution in [0.25, 0.3) is 22.3 Å². The van der Waals surface area contributed by atoms with Crippen molar-refractivity contribution in [2.24, 2.45) is 0 Å². The molecular formula is C36H27N. The molecule has 5 aromatic carbocycles. The molecule has 6 aromatic rings. The molecule has 0 aliphatic heterocycles. The van der Waals surface area contributed by atoms with Crippen molar-refractivity contribution >= 4 is 0 Å². The molecule has 0 radical (unpaired) electrons. The Morgan fingerprint density at radius 2 is 0.730 bits per heavy atom. The third kappa shape index (κ3) is 4.26. The van der Waals surface area contributed by atoms with Crippen LogP contribution in [0.4, 0.5) is 0 Å². The molecule has 37 heavy (non-hydrogen) atoms. The Morgan fingerprint density at radius 3 is 1.19 bits per heavy atom. The van der Waals surface area contributed by atoms with E-state index in [0.717, 1.165) is 11.3 Å². The zero-order valence-corrected chi connectivity index (χ0v) is 20.5. The smallest absolute Gasteiger partial charge is 0.0874 e. The molecule has 0 spiro atoms. The summed E-state index contributed by atoms with van der Waals surface area (Å²) in [6, 6.07) is 55.8. The van der Waals surface area contributed by atoms with Gasteiger partial charge in [-0.05, 0) is 51.1 Å². The van der Waals surface area contributed by atoms with Crippen molar-refractivity contribution in [2.45, 2.75) is 5.41 Å². The van der Waals surface area contributed by atoms with Gasteiger partial charge >= 0.3 is 0 Å². The standard InChI is InChI=1S/C36H27N/c1-5-13-28(14-6-1)29-21-23-30(24-22-29)31-25-26-37-35(27-31)36(32-15-7-2-8-16-32,33-17-9-3-10-18-33)34-19-11-4-12-20-34/h1-27H. The van der Waals surface area contributed by atoms with Gasteiger partial charge in [-0.3, -0.25) is 4.98 Å². The van der Waals surface area contributed by atoms with Gasteiger partial charge in [0.15, 0.2) is 0 Å². The number of hydrogen-bond donors (Lipinski definition) is 0. The number of hydrogen-bond acceptors (Lipinski definition) is 1. The van der Waals surface area contributed by atoms with Crippen molar-refractivity contribution in [1.82, 2.24) is 4.98 Å². The maximum Gasteiger partial charge on any atom is 0.0874 e. The predicted molar refractivity (Wildman–Crippen MR) is 153 cm³/mol. The molecule has 6 rings (SSSR count). The molecule has 176 valence electrons. The van der Waals surface area contributed by atoms with Crippen LogP contribution < -0.4 is 0 Å². The van der Waals surface area contributed by atoms with Gasteiger partial charge in [0.1, 0.15) is 0 Å². The summed E-state index contributed by atoms with van der Waals surface area (Å²) in [6.07, 6.45) is 1.94. The summed E-state index contributed by atoms with van der Waals surface area (Å²) in [4.78, 5) is 5.03. The van der Waals surface area contributed by atoms with Crippen molar-refractivity contribution < 1.29 is 0 Å². The number of nitrogens with zero attached hydrogens (tertiary/aromatic N) is 1. The maximum atomic E-state index is 5.03. The lowest BCUT2D eigenvalue weighted by Crippen LogP contribution is -2.32. The normalized spacial score (nSPS) is 11.2. The van der Waals surface area contributed by atoms with E-state index < -0.39 is 5.41 Å². The quantitative estimate of drug-likeness (QED) is 0.220. The first-order valence-corrected chi connectivity index (χ1v) is 12.6. The van der Waals surface area contributed by atoms with Crippen LogP contribution in [0, 0.1) is 0 Å². The van der Waals surface area contributed by atoms with Gasteiger partial charge in [0.25, 0.3) is 0 Å². The van der Waals surface area contributed by atoms with Crippen LogP contribution in [-0.2, 0) is 5.41 Å². The van der Waals surface area contributed by atoms with Gasteiger partial charge in [0, 0.05) is 6.20 Å². The lowest BCUT2D eigenvalue weighted by molar-refractivity contribution is 0.714. The Kier molecular flexibility index (Phi) is 6.19. The molecular weight excluding hydrogens is 446 g/mol. The summed E-state index contributed by atoms with van der Waals surface area (Å²) in [7, 11) is 0. The zero-order chi connectivity index (χ0) is 24.9. The molecule has 0 N–H and O–H groups in total. The SMILES string of the molecule is c1ccc(-c2ccc(-c3ccnc(C(c4ccccc4)(c4ccccc4)c4ccccc4)c3)cc2)cc1. The van der Waals surface area contributed by atoms with E-state index in [4.69, 9.17) is 4.98 Å². The summed E-state index contributed by atoms with van der Waals surface area (Å²) >= 11 is 0. The second-order valence-electron chi connectivity index (χ2n) is 9.22. The van der Waals surface area contributed by atoms with Gasteiger partial charge in [0.05, 0.1) is 11.1 Å². The zero-order valence-electron chi connectivity index (χ0n) is 20.5. The van der Waals surface area contributed by atoms with Crippen molar-refractivity contribution in [3.05, 3.63) is 186 Å². The average Bonchev–Trinajstić information content (AvgIpc) is 3.00. The van der Waals surface area contributed by atoms with Gasteiger partial charge in [-0.25, -0.2) is 0 Å². The van der Waals surface area contributed by atoms with Crippen molar-refractivity contribution in [3.63, 3.8) is 0 Å². The number of benzene rings is 5. The molecule has 0 amide bonds. The van der Waals surface area contributed by atoms with Crippen molar-refractivity contribution in [1.29, 1.82) is 0 Å². The fourth-order valence-corrected chi connectivity index (χ4v) is 5.31.